The highest BCUT2D eigenvalue weighted by Gasteiger charge is 2.21. The second-order valence-corrected chi connectivity index (χ2v) is 9.01. The summed E-state index contributed by atoms with van der Waals surface area (Å²) < 4.78 is 2.74. The molecule has 1 aromatic heterocycles. The third-order valence-electron chi connectivity index (χ3n) is 5.53. The summed E-state index contributed by atoms with van der Waals surface area (Å²) in [5, 5.41) is 7.64. The van der Waals surface area contributed by atoms with Crippen LogP contribution in [0.2, 0.25) is 0 Å². The first-order valence-electron chi connectivity index (χ1n) is 10.5. The summed E-state index contributed by atoms with van der Waals surface area (Å²) in [6, 6.07) is 21.7. The van der Waals surface area contributed by atoms with Crippen LogP contribution in [0.1, 0.15) is 47.1 Å². The molecule has 0 aliphatic heterocycles. The first-order chi connectivity index (χ1) is 15.3. The maximum Gasteiger partial charge on any atom is 0.295 e. The largest absolute Gasteiger partial charge is 0.319 e. The molecule has 0 radical (unpaired) electrons. The van der Waals surface area contributed by atoms with Crippen molar-refractivity contribution in [3.05, 3.63) is 93.7 Å². The van der Waals surface area contributed by atoms with E-state index in [1.807, 2.05) is 60.7 Å². The third kappa shape index (κ3) is 4.36. The van der Waals surface area contributed by atoms with E-state index in [0.717, 1.165) is 38.1 Å². The summed E-state index contributed by atoms with van der Waals surface area (Å²) >= 11 is 3.51. The Morgan fingerprint density at radius 3 is 2.47 bits per heavy atom. The van der Waals surface area contributed by atoms with Gasteiger partial charge in [0.1, 0.15) is 0 Å². The minimum absolute atomic E-state index is 0.127. The van der Waals surface area contributed by atoms with Gasteiger partial charge in [0.05, 0.1) is 5.69 Å². The Morgan fingerprint density at radius 2 is 1.75 bits per heavy atom. The zero-order valence-corrected chi connectivity index (χ0v) is 20.1. The molecule has 5 nitrogen and oxygen atoms in total. The summed E-state index contributed by atoms with van der Waals surface area (Å²) in [5.41, 5.74) is 5.85. The Hall–Kier alpha value is -3.25. The molecule has 3 aromatic carbocycles. The van der Waals surface area contributed by atoms with Crippen molar-refractivity contribution in [3.8, 4) is 17.1 Å². The number of amides is 1. The molecule has 1 N–H and O–H groups in total. The van der Waals surface area contributed by atoms with E-state index in [0.29, 0.717) is 5.82 Å². The van der Waals surface area contributed by atoms with E-state index in [-0.39, 0.29) is 17.6 Å². The molecule has 4 aromatic rings. The van der Waals surface area contributed by atoms with E-state index in [9.17, 15) is 4.79 Å². The Bertz CT molecular complexity index is 1280. The van der Waals surface area contributed by atoms with Crippen molar-refractivity contribution in [2.24, 2.45) is 0 Å². The van der Waals surface area contributed by atoms with Gasteiger partial charge in [0.2, 0.25) is 5.82 Å². The molecule has 0 spiro atoms. The first-order valence-corrected chi connectivity index (χ1v) is 11.3. The van der Waals surface area contributed by atoms with Crippen molar-refractivity contribution >= 4 is 27.5 Å². The molecule has 4 rings (SSSR count). The van der Waals surface area contributed by atoms with E-state index >= 15 is 0 Å². The second-order valence-electron chi connectivity index (χ2n) is 8.10. The molecule has 0 aliphatic rings. The fourth-order valence-corrected chi connectivity index (χ4v) is 4.00. The Morgan fingerprint density at radius 1 is 1.00 bits per heavy atom. The van der Waals surface area contributed by atoms with Crippen molar-refractivity contribution in [1.29, 1.82) is 0 Å². The predicted molar refractivity (Wildman–Crippen MR) is 132 cm³/mol. The highest BCUT2D eigenvalue weighted by atomic mass is 79.9. The van der Waals surface area contributed by atoms with Gasteiger partial charge in [0.25, 0.3) is 5.91 Å². The van der Waals surface area contributed by atoms with Crippen LogP contribution in [0.4, 0.5) is 5.69 Å². The Kier molecular flexibility index (Phi) is 6.24. The molecule has 1 amide bonds. The number of aromatic nitrogens is 3. The molecule has 0 saturated carbocycles. The lowest BCUT2D eigenvalue weighted by Gasteiger charge is -2.13. The summed E-state index contributed by atoms with van der Waals surface area (Å²) in [5.74, 6) is 0.672. The van der Waals surface area contributed by atoms with Crippen LogP contribution in [-0.4, -0.2) is 20.7 Å². The molecular formula is C26H25BrN4O. The summed E-state index contributed by atoms with van der Waals surface area (Å²) in [4.78, 5) is 17.8. The van der Waals surface area contributed by atoms with Crippen molar-refractivity contribution in [2.75, 3.05) is 5.32 Å². The number of aryl methyl sites for hydroxylation is 1. The fourth-order valence-electron chi connectivity index (χ4n) is 3.62. The Labute approximate surface area is 196 Å². The van der Waals surface area contributed by atoms with Crippen LogP contribution >= 0.6 is 15.9 Å². The SMILES string of the molecule is Cc1cccc(-n2nc(C(=O)Nc3ccc(Br)cc3C(C)C)nc2-c2ccccc2)c1C. The van der Waals surface area contributed by atoms with E-state index in [1.54, 1.807) is 4.68 Å². The van der Waals surface area contributed by atoms with Crippen LogP contribution in [0.3, 0.4) is 0 Å². The average Bonchev–Trinajstić information content (AvgIpc) is 3.23. The van der Waals surface area contributed by atoms with Crippen molar-refractivity contribution in [1.82, 2.24) is 14.8 Å². The zero-order valence-electron chi connectivity index (χ0n) is 18.6. The molecule has 32 heavy (non-hydrogen) atoms. The summed E-state index contributed by atoms with van der Waals surface area (Å²) in [7, 11) is 0. The molecule has 0 unspecified atom stereocenters. The van der Waals surface area contributed by atoms with Crippen LogP contribution in [0, 0.1) is 13.8 Å². The minimum atomic E-state index is -0.338. The molecule has 0 aliphatic carbocycles. The van der Waals surface area contributed by atoms with Crippen LogP contribution in [0.25, 0.3) is 17.1 Å². The number of hydrogen-bond acceptors (Lipinski definition) is 3. The van der Waals surface area contributed by atoms with Gasteiger partial charge in [-0.05, 0) is 60.7 Å². The number of halogens is 1. The number of carbonyl (C=O) groups excluding carboxylic acids is 1. The highest BCUT2D eigenvalue weighted by Crippen LogP contribution is 2.29. The molecule has 162 valence electrons. The fraction of sp³-hybridized carbons (Fsp3) is 0.192. The van der Waals surface area contributed by atoms with Gasteiger partial charge in [-0.3, -0.25) is 4.79 Å². The van der Waals surface area contributed by atoms with Gasteiger partial charge in [0, 0.05) is 15.7 Å². The monoisotopic (exact) mass is 488 g/mol. The van der Waals surface area contributed by atoms with Crippen LogP contribution in [0.5, 0.6) is 0 Å². The maximum atomic E-state index is 13.2. The molecule has 6 heteroatoms. The van der Waals surface area contributed by atoms with E-state index in [2.05, 4.69) is 65.1 Å². The smallest absolute Gasteiger partial charge is 0.295 e. The lowest BCUT2D eigenvalue weighted by molar-refractivity contribution is 0.101. The van der Waals surface area contributed by atoms with Crippen LogP contribution in [0.15, 0.2) is 71.2 Å². The van der Waals surface area contributed by atoms with Gasteiger partial charge < -0.3 is 5.32 Å². The van der Waals surface area contributed by atoms with Crippen LogP contribution in [-0.2, 0) is 0 Å². The summed E-state index contributed by atoms with van der Waals surface area (Å²) in [6.07, 6.45) is 0. The summed E-state index contributed by atoms with van der Waals surface area (Å²) in [6.45, 7) is 8.31. The number of benzene rings is 3. The van der Waals surface area contributed by atoms with E-state index < -0.39 is 0 Å². The molecule has 0 bridgehead atoms. The van der Waals surface area contributed by atoms with E-state index in [4.69, 9.17) is 0 Å². The second kappa shape index (κ2) is 9.09. The van der Waals surface area contributed by atoms with Crippen molar-refractivity contribution in [2.45, 2.75) is 33.6 Å². The number of rotatable bonds is 5. The van der Waals surface area contributed by atoms with E-state index in [1.165, 1.54) is 0 Å². The normalized spacial score (nSPS) is 11.1. The average molecular weight is 489 g/mol. The van der Waals surface area contributed by atoms with Crippen molar-refractivity contribution in [3.63, 3.8) is 0 Å². The minimum Gasteiger partial charge on any atom is -0.319 e. The number of nitrogens with one attached hydrogen (secondary N) is 1. The van der Waals surface area contributed by atoms with Gasteiger partial charge in [-0.25, -0.2) is 9.67 Å². The molecular weight excluding hydrogens is 464 g/mol. The zero-order chi connectivity index (χ0) is 22.8. The first kappa shape index (κ1) is 22.0. The number of anilines is 1. The number of hydrogen-bond donors (Lipinski definition) is 1. The van der Waals surface area contributed by atoms with Gasteiger partial charge in [-0.1, -0.05) is 72.2 Å². The highest BCUT2D eigenvalue weighted by molar-refractivity contribution is 9.10. The maximum absolute atomic E-state index is 13.2. The Balaban J connectivity index is 1.79. The third-order valence-corrected chi connectivity index (χ3v) is 6.02. The lowest BCUT2D eigenvalue weighted by Crippen LogP contribution is -2.16. The van der Waals surface area contributed by atoms with Gasteiger partial charge in [-0.15, -0.1) is 5.10 Å². The topological polar surface area (TPSA) is 59.8 Å². The number of carbonyl (C=O) groups is 1. The lowest BCUT2D eigenvalue weighted by atomic mass is 10.0. The van der Waals surface area contributed by atoms with Gasteiger partial charge >= 0.3 is 0 Å². The van der Waals surface area contributed by atoms with Crippen molar-refractivity contribution < 1.29 is 4.79 Å². The van der Waals surface area contributed by atoms with Crippen LogP contribution < -0.4 is 5.32 Å². The molecule has 1 heterocycles. The quantitative estimate of drug-likeness (QED) is 0.340. The predicted octanol–water partition coefficient (Wildman–Crippen LogP) is 6.69. The standard InChI is InChI=1S/C26H25BrN4O/c1-16(2)21-15-20(27)13-14-22(21)28-26(32)24-29-25(19-10-6-5-7-11-19)31(30-24)23-12-8-9-17(3)18(23)4/h5-16H,1-4H3,(H,28,32). The molecule has 0 saturated heterocycles. The molecule has 0 fully saturated rings. The molecule has 0 atom stereocenters. The van der Waals surface area contributed by atoms with Gasteiger partial charge in [0.15, 0.2) is 5.82 Å². The van der Waals surface area contributed by atoms with Gasteiger partial charge in [-0.2, -0.15) is 0 Å². The number of nitrogens with zero attached hydrogens (tertiary/aromatic N) is 3.